The molecule has 5 rings (SSSR count). The molecule has 12 nitrogen and oxygen atoms in total. The maximum atomic E-state index is 15.0. The lowest BCUT2D eigenvalue weighted by atomic mass is 9.91. The van der Waals surface area contributed by atoms with Crippen LogP contribution in [0.25, 0.3) is 6.08 Å². The van der Waals surface area contributed by atoms with Crippen molar-refractivity contribution in [2.75, 3.05) is 57.3 Å². The molecule has 0 saturated carbocycles. The number of ether oxygens (including phenoxy) is 2. The van der Waals surface area contributed by atoms with Crippen molar-refractivity contribution < 1.29 is 33.4 Å². The SMILES string of the molecule is C.C/C(=C\c1cc(F)cc(N2CCN(C(=O)Cn3cccn3)CC2)c1)[C@H]1OC(=O)C[C@H](O)CC[C@H](C)[C@@H](OC(=O)N2CCNCC2)/C=C/[C@@H]1C. The third kappa shape index (κ3) is 10.6. The van der Waals surface area contributed by atoms with Gasteiger partial charge in [0.1, 0.15) is 24.6 Å². The van der Waals surface area contributed by atoms with Gasteiger partial charge >= 0.3 is 12.1 Å². The maximum absolute atomic E-state index is 15.0. The molecule has 274 valence electrons. The van der Waals surface area contributed by atoms with Crippen molar-refractivity contribution >= 4 is 29.7 Å². The first kappa shape index (κ1) is 38.6. The van der Waals surface area contributed by atoms with Crippen LogP contribution in [0.2, 0.25) is 0 Å². The normalized spacial score (nSPS) is 26.2. The van der Waals surface area contributed by atoms with E-state index in [1.54, 1.807) is 32.9 Å². The van der Waals surface area contributed by atoms with Crippen LogP contribution in [0.1, 0.15) is 53.0 Å². The summed E-state index contributed by atoms with van der Waals surface area (Å²) >= 11 is 0. The number of nitrogens with zero attached hydrogens (tertiary/aromatic N) is 5. The molecule has 13 heteroatoms. The van der Waals surface area contributed by atoms with E-state index < -0.39 is 30.1 Å². The summed E-state index contributed by atoms with van der Waals surface area (Å²) in [4.78, 5) is 44.2. The van der Waals surface area contributed by atoms with Gasteiger partial charge in [-0.1, -0.05) is 33.4 Å². The Morgan fingerprint density at radius 2 is 1.80 bits per heavy atom. The van der Waals surface area contributed by atoms with E-state index in [0.717, 1.165) is 0 Å². The lowest BCUT2D eigenvalue weighted by Crippen LogP contribution is -2.49. The highest BCUT2D eigenvalue weighted by Crippen LogP contribution is 2.27. The highest BCUT2D eigenvalue weighted by molar-refractivity contribution is 5.76. The third-order valence-corrected chi connectivity index (χ3v) is 9.47. The molecule has 2 amide bonds. The van der Waals surface area contributed by atoms with Crippen LogP contribution in [0.3, 0.4) is 0 Å². The van der Waals surface area contributed by atoms with E-state index >= 15 is 0 Å². The standard InChI is InChI=1S/C36H49FN6O6.CH4/c1-25-5-7-31(44)23-34(46)49-35(26(2)6-8-32(25)48-36(47)42-13-10-38-11-14-42)27(3)19-28-20-29(37)22-30(21-28)40-15-17-41(18-16-40)33(45)24-43-12-4-9-39-43;/h4,6,8-9,12,19-22,25-26,31-32,35,38,44H,5,7,10-11,13-18,23-24H2,1-3H3;1H4/b8-6+,27-19+;/t25-,26-,31+,32-,35-;/m0./s1. The molecule has 2 saturated heterocycles. The quantitative estimate of drug-likeness (QED) is 0.339. The number of halogens is 1. The number of rotatable bonds is 6. The van der Waals surface area contributed by atoms with Gasteiger partial charge in [0.15, 0.2) is 0 Å². The molecule has 5 atom stereocenters. The number of carbonyl (C=O) groups is 3. The average Bonchev–Trinajstić information content (AvgIpc) is 3.60. The fourth-order valence-corrected chi connectivity index (χ4v) is 6.54. The van der Waals surface area contributed by atoms with Crippen molar-refractivity contribution in [1.29, 1.82) is 0 Å². The summed E-state index contributed by atoms with van der Waals surface area (Å²) in [6.07, 6.45) is 7.25. The second-order valence-corrected chi connectivity index (χ2v) is 13.4. The molecular formula is C37H53FN6O6. The molecule has 0 radical (unpaired) electrons. The number of hydrogen-bond donors (Lipinski definition) is 2. The Bertz CT molecular complexity index is 1490. The zero-order chi connectivity index (χ0) is 34.9. The smallest absolute Gasteiger partial charge is 0.410 e. The van der Waals surface area contributed by atoms with Crippen molar-refractivity contribution in [3.05, 3.63) is 65.8 Å². The lowest BCUT2D eigenvalue weighted by Gasteiger charge is -2.36. The van der Waals surface area contributed by atoms with E-state index in [2.05, 4.69) is 15.3 Å². The molecule has 1 aromatic heterocycles. The van der Waals surface area contributed by atoms with Gasteiger partial charge in [-0.15, -0.1) is 0 Å². The number of amides is 2. The minimum absolute atomic E-state index is 0. The Balaban J connectivity index is 0.00000562. The van der Waals surface area contributed by atoms with Crippen molar-refractivity contribution in [3.8, 4) is 0 Å². The number of aliphatic hydroxyl groups excluding tert-OH is 1. The topological polar surface area (TPSA) is 129 Å². The summed E-state index contributed by atoms with van der Waals surface area (Å²) in [7, 11) is 0. The highest BCUT2D eigenvalue weighted by atomic mass is 19.1. The molecule has 3 aliphatic heterocycles. The van der Waals surface area contributed by atoms with Crippen LogP contribution < -0.4 is 10.2 Å². The van der Waals surface area contributed by atoms with E-state index in [4.69, 9.17) is 9.47 Å². The molecule has 1 aromatic carbocycles. The number of esters is 1. The van der Waals surface area contributed by atoms with Gasteiger partial charge in [0.2, 0.25) is 5.91 Å². The van der Waals surface area contributed by atoms with Gasteiger partial charge in [-0.25, -0.2) is 9.18 Å². The fraction of sp³-hybridized carbons (Fsp3) is 0.568. The molecule has 0 aliphatic carbocycles. The summed E-state index contributed by atoms with van der Waals surface area (Å²) in [6.45, 7) is 10.6. The largest absolute Gasteiger partial charge is 0.457 e. The Kier molecular flexibility index (Phi) is 14.0. The number of cyclic esters (lactones) is 1. The van der Waals surface area contributed by atoms with Gasteiger partial charge in [-0.2, -0.15) is 5.10 Å². The molecule has 3 aliphatic rings. The van der Waals surface area contributed by atoms with Gasteiger partial charge in [0, 0.05) is 76.4 Å². The van der Waals surface area contributed by atoms with Crippen LogP contribution in [-0.4, -0.2) is 113 Å². The fourth-order valence-electron chi connectivity index (χ4n) is 6.54. The molecule has 0 spiro atoms. The first-order chi connectivity index (χ1) is 23.5. The van der Waals surface area contributed by atoms with E-state index in [1.807, 2.05) is 45.1 Å². The number of piperazine rings is 2. The highest BCUT2D eigenvalue weighted by Gasteiger charge is 2.29. The number of benzene rings is 1. The number of nitrogens with one attached hydrogen (secondary N) is 1. The van der Waals surface area contributed by atoms with Gasteiger partial charge in [-0.05, 0) is 67.2 Å². The number of aromatic nitrogens is 2. The summed E-state index contributed by atoms with van der Waals surface area (Å²) in [6, 6.07) is 6.59. The van der Waals surface area contributed by atoms with Crippen molar-refractivity contribution in [2.24, 2.45) is 11.8 Å². The zero-order valence-corrected chi connectivity index (χ0v) is 28.7. The van der Waals surface area contributed by atoms with Gasteiger partial charge in [0.05, 0.1) is 12.5 Å². The molecular weight excluding hydrogens is 643 g/mol. The summed E-state index contributed by atoms with van der Waals surface area (Å²) < 4.78 is 28.5. The summed E-state index contributed by atoms with van der Waals surface area (Å²) in [5, 5.41) is 18.0. The zero-order valence-electron chi connectivity index (χ0n) is 28.7. The minimum atomic E-state index is -0.893. The average molecular weight is 697 g/mol. The number of carbonyl (C=O) groups excluding carboxylic acids is 3. The lowest BCUT2D eigenvalue weighted by molar-refractivity contribution is -0.151. The van der Waals surface area contributed by atoms with Gasteiger partial charge < -0.3 is 34.6 Å². The molecule has 0 bridgehead atoms. The van der Waals surface area contributed by atoms with Crippen molar-refractivity contribution in [2.45, 2.75) is 72.3 Å². The van der Waals surface area contributed by atoms with Crippen molar-refractivity contribution in [1.82, 2.24) is 24.9 Å². The Morgan fingerprint density at radius 3 is 2.50 bits per heavy atom. The van der Waals surface area contributed by atoms with Crippen LogP contribution in [0.15, 0.2) is 54.4 Å². The predicted molar refractivity (Wildman–Crippen MR) is 190 cm³/mol. The predicted octanol–water partition coefficient (Wildman–Crippen LogP) is 4.11. The van der Waals surface area contributed by atoms with E-state index in [9.17, 15) is 23.9 Å². The van der Waals surface area contributed by atoms with Crippen LogP contribution in [0.4, 0.5) is 14.9 Å². The minimum Gasteiger partial charge on any atom is -0.457 e. The van der Waals surface area contributed by atoms with Crippen molar-refractivity contribution in [3.63, 3.8) is 0 Å². The number of hydrogen-bond acceptors (Lipinski definition) is 9. The molecule has 4 heterocycles. The summed E-state index contributed by atoms with van der Waals surface area (Å²) in [5.41, 5.74) is 2.01. The van der Waals surface area contributed by atoms with E-state index in [0.29, 0.717) is 82.0 Å². The van der Waals surface area contributed by atoms with E-state index in [-0.39, 0.29) is 44.2 Å². The monoisotopic (exact) mass is 696 g/mol. The Labute approximate surface area is 294 Å². The molecule has 50 heavy (non-hydrogen) atoms. The van der Waals surface area contributed by atoms with Crippen LogP contribution >= 0.6 is 0 Å². The third-order valence-electron chi connectivity index (χ3n) is 9.47. The van der Waals surface area contributed by atoms with Crippen LogP contribution in [0, 0.1) is 17.7 Å². The van der Waals surface area contributed by atoms with Gasteiger partial charge in [-0.3, -0.25) is 14.3 Å². The molecule has 2 aromatic rings. The Hall–Kier alpha value is -4.23. The summed E-state index contributed by atoms with van der Waals surface area (Å²) in [5.74, 6) is -1.33. The molecule has 2 fully saturated rings. The maximum Gasteiger partial charge on any atom is 0.410 e. The second kappa shape index (κ2) is 18.1. The molecule has 2 N–H and O–H groups in total. The Morgan fingerprint density at radius 1 is 1.06 bits per heavy atom. The number of aliphatic hydroxyl groups is 1. The van der Waals surface area contributed by atoms with Crippen LogP contribution in [-0.2, 0) is 25.6 Å². The number of anilines is 1. The first-order valence-electron chi connectivity index (χ1n) is 17.3. The van der Waals surface area contributed by atoms with Gasteiger partial charge in [0.25, 0.3) is 0 Å². The first-order valence-corrected chi connectivity index (χ1v) is 17.3. The van der Waals surface area contributed by atoms with E-state index in [1.165, 1.54) is 12.1 Å². The molecule has 0 unspecified atom stereocenters. The second-order valence-electron chi connectivity index (χ2n) is 13.4. The van der Waals surface area contributed by atoms with Crippen LogP contribution in [0.5, 0.6) is 0 Å².